The van der Waals surface area contributed by atoms with Crippen molar-refractivity contribution in [3.05, 3.63) is 39.7 Å². The minimum Gasteiger partial charge on any atom is -0.319 e. The van der Waals surface area contributed by atoms with E-state index in [4.69, 9.17) is 4.98 Å². The van der Waals surface area contributed by atoms with Crippen molar-refractivity contribution >= 4 is 11.3 Å². The predicted octanol–water partition coefficient (Wildman–Crippen LogP) is 4.18. The van der Waals surface area contributed by atoms with Gasteiger partial charge in [-0.15, -0.1) is 11.3 Å². The van der Waals surface area contributed by atoms with Crippen LogP contribution in [0.4, 0.5) is 0 Å². The summed E-state index contributed by atoms with van der Waals surface area (Å²) in [6.45, 7) is 9.87. The van der Waals surface area contributed by atoms with Gasteiger partial charge < -0.3 is 5.32 Å². The van der Waals surface area contributed by atoms with Crippen molar-refractivity contribution in [3.8, 4) is 11.3 Å². The van der Waals surface area contributed by atoms with Gasteiger partial charge in [0.1, 0.15) is 0 Å². The third-order valence-corrected chi connectivity index (χ3v) is 4.48. The number of nitrogens with zero attached hydrogens (tertiary/aromatic N) is 1. The summed E-state index contributed by atoms with van der Waals surface area (Å²) < 4.78 is 0. The summed E-state index contributed by atoms with van der Waals surface area (Å²) >= 11 is 1.81. The molecule has 3 heteroatoms. The van der Waals surface area contributed by atoms with Gasteiger partial charge >= 0.3 is 0 Å². The highest BCUT2D eigenvalue weighted by Crippen LogP contribution is 2.30. The highest BCUT2D eigenvalue weighted by Gasteiger charge is 2.14. The van der Waals surface area contributed by atoms with Crippen LogP contribution in [0.1, 0.15) is 36.2 Å². The van der Waals surface area contributed by atoms with Gasteiger partial charge in [-0.25, -0.2) is 4.98 Å². The molecule has 0 saturated heterocycles. The van der Waals surface area contributed by atoms with Crippen molar-refractivity contribution in [2.24, 2.45) is 0 Å². The minimum atomic E-state index is 0.202. The number of aromatic nitrogens is 1. The van der Waals surface area contributed by atoms with Gasteiger partial charge in [0.15, 0.2) is 0 Å². The molecule has 0 fully saturated rings. The highest BCUT2D eigenvalue weighted by atomic mass is 32.1. The van der Waals surface area contributed by atoms with Crippen molar-refractivity contribution in [1.82, 2.24) is 10.3 Å². The van der Waals surface area contributed by atoms with Crippen LogP contribution in [0.3, 0.4) is 0 Å². The Morgan fingerprint density at radius 1 is 1.15 bits per heavy atom. The summed E-state index contributed by atoms with van der Waals surface area (Å²) in [5.41, 5.74) is 3.93. The fraction of sp³-hybridized carbons (Fsp3) is 0.471. The van der Waals surface area contributed by atoms with Crippen molar-refractivity contribution in [2.75, 3.05) is 13.6 Å². The Kier molecular flexibility index (Phi) is 4.61. The van der Waals surface area contributed by atoms with Gasteiger partial charge in [0, 0.05) is 23.4 Å². The quantitative estimate of drug-likeness (QED) is 0.913. The lowest BCUT2D eigenvalue weighted by atomic mass is 9.86. The first kappa shape index (κ1) is 15.2. The first-order valence-corrected chi connectivity index (χ1v) is 7.95. The van der Waals surface area contributed by atoms with Gasteiger partial charge in [-0.1, -0.05) is 45.0 Å². The highest BCUT2D eigenvalue weighted by molar-refractivity contribution is 7.12. The SMILES string of the molecule is CNCCc1nc(-c2ccc(C(C)(C)C)cc2)c(C)s1. The standard InChI is InChI=1S/C17H24N2S/c1-12-16(19-15(20-12)10-11-18-5)13-6-8-14(9-7-13)17(2,3)4/h6-9,18H,10-11H2,1-5H3. The lowest BCUT2D eigenvalue weighted by Crippen LogP contribution is -2.10. The van der Waals surface area contributed by atoms with E-state index in [1.54, 1.807) is 0 Å². The van der Waals surface area contributed by atoms with Gasteiger partial charge in [-0.2, -0.15) is 0 Å². The van der Waals surface area contributed by atoms with Crippen LogP contribution in [-0.4, -0.2) is 18.6 Å². The first-order chi connectivity index (χ1) is 9.41. The molecule has 0 aliphatic carbocycles. The molecule has 0 saturated carbocycles. The summed E-state index contributed by atoms with van der Waals surface area (Å²) in [7, 11) is 1.98. The Morgan fingerprint density at radius 2 is 1.80 bits per heavy atom. The molecule has 0 aliphatic heterocycles. The van der Waals surface area contributed by atoms with E-state index in [-0.39, 0.29) is 5.41 Å². The van der Waals surface area contributed by atoms with E-state index in [1.807, 2.05) is 18.4 Å². The summed E-state index contributed by atoms with van der Waals surface area (Å²) in [6, 6.07) is 8.84. The molecule has 108 valence electrons. The monoisotopic (exact) mass is 288 g/mol. The van der Waals surface area contributed by atoms with Crippen LogP contribution < -0.4 is 5.32 Å². The number of nitrogens with one attached hydrogen (secondary N) is 1. The maximum atomic E-state index is 4.79. The molecule has 0 aliphatic rings. The fourth-order valence-corrected chi connectivity index (χ4v) is 3.14. The molecule has 2 aromatic rings. The second kappa shape index (κ2) is 6.06. The van der Waals surface area contributed by atoms with E-state index in [0.29, 0.717) is 0 Å². The first-order valence-electron chi connectivity index (χ1n) is 7.13. The van der Waals surface area contributed by atoms with Crippen molar-refractivity contribution < 1.29 is 0 Å². The van der Waals surface area contributed by atoms with E-state index in [0.717, 1.165) is 18.7 Å². The Balaban J connectivity index is 2.25. The zero-order valence-corrected chi connectivity index (χ0v) is 13.9. The van der Waals surface area contributed by atoms with Crippen LogP contribution in [0.15, 0.2) is 24.3 Å². The number of hydrogen-bond donors (Lipinski definition) is 1. The van der Waals surface area contributed by atoms with Crippen molar-refractivity contribution in [3.63, 3.8) is 0 Å². The van der Waals surface area contributed by atoms with Crippen LogP contribution in [0.2, 0.25) is 0 Å². The molecule has 0 bridgehead atoms. The maximum Gasteiger partial charge on any atom is 0.0948 e. The number of thiazole rings is 1. The maximum absolute atomic E-state index is 4.79. The Labute approximate surface area is 126 Å². The molecule has 0 unspecified atom stereocenters. The van der Waals surface area contributed by atoms with Crippen LogP contribution in [-0.2, 0) is 11.8 Å². The third kappa shape index (κ3) is 3.47. The van der Waals surface area contributed by atoms with E-state index >= 15 is 0 Å². The Morgan fingerprint density at radius 3 is 2.35 bits per heavy atom. The molecule has 1 heterocycles. The number of rotatable bonds is 4. The topological polar surface area (TPSA) is 24.9 Å². The Bertz CT molecular complexity index is 562. The zero-order chi connectivity index (χ0) is 14.8. The number of benzene rings is 1. The van der Waals surface area contributed by atoms with Crippen LogP contribution in [0.25, 0.3) is 11.3 Å². The summed E-state index contributed by atoms with van der Waals surface area (Å²) in [5, 5.41) is 4.39. The van der Waals surface area contributed by atoms with Gasteiger partial charge in [0.2, 0.25) is 0 Å². The predicted molar refractivity (Wildman–Crippen MR) is 88.6 cm³/mol. The number of likely N-dealkylation sites (N-methyl/N-ethyl adjacent to an activating group) is 1. The van der Waals surface area contributed by atoms with Crippen molar-refractivity contribution in [1.29, 1.82) is 0 Å². The summed E-state index contributed by atoms with van der Waals surface area (Å²) in [4.78, 5) is 6.09. The second-order valence-corrected chi connectivity index (χ2v) is 7.48. The van der Waals surface area contributed by atoms with Crippen LogP contribution in [0.5, 0.6) is 0 Å². The molecule has 2 rings (SSSR count). The number of hydrogen-bond acceptors (Lipinski definition) is 3. The van der Waals surface area contributed by atoms with Crippen LogP contribution in [0, 0.1) is 6.92 Å². The molecule has 1 aromatic carbocycles. The molecule has 0 radical (unpaired) electrons. The molecule has 1 N–H and O–H groups in total. The molecule has 0 spiro atoms. The largest absolute Gasteiger partial charge is 0.319 e. The van der Waals surface area contributed by atoms with E-state index < -0.39 is 0 Å². The van der Waals surface area contributed by atoms with Crippen molar-refractivity contribution in [2.45, 2.75) is 39.5 Å². The fourth-order valence-electron chi connectivity index (χ4n) is 2.19. The molecule has 2 nitrogen and oxygen atoms in total. The van der Waals surface area contributed by atoms with Gasteiger partial charge in [-0.05, 0) is 24.9 Å². The smallest absolute Gasteiger partial charge is 0.0948 e. The zero-order valence-electron chi connectivity index (χ0n) is 13.1. The minimum absolute atomic E-state index is 0.202. The molecule has 20 heavy (non-hydrogen) atoms. The van der Waals surface area contributed by atoms with Gasteiger partial charge in [-0.3, -0.25) is 0 Å². The van der Waals surface area contributed by atoms with E-state index in [9.17, 15) is 0 Å². The van der Waals surface area contributed by atoms with E-state index in [1.165, 1.54) is 21.0 Å². The van der Waals surface area contributed by atoms with Gasteiger partial charge in [0.25, 0.3) is 0 Å². The number of aryl methyl sites for hydroxylation is 1. The van der Waals surface area contributed by atoms with E-state index in [2.05, 4.69) is 57.3 Å². The normalized spacial score (nSPS) is 11.8. The lowest BCUT2D eigenvalue weighted by Gasteiger charge is -2.19. The summed E-state index contributed by atoms with van der Waals surface area (Å²) in [6.07, 6.45) is 1.00. The van der Waals surface area contributed by atoms with Gasteiger partial charge in [0.05, 0.1) is 10.7 Å². The molecular weight excluding hydrogens is 264 g/mol. The third-order valence-electron chi connectivity index (χ3n) is 3.45. The molecule has 0 amide bonds. The molecule has 1 aromatic heterocycles. The molecular formula is C17H24N2S. The Hall–Kier alpha value is -1.19. The van der Waals surface area contributed by atoms with Crippen LogP contribution >= 0.6 is 11.3 Å². The molecule has 0 atom stereocenters. The summed E-state index contributed by atoms with van der Waals surface area (Å²) in [5.74, 6) is 0. The average Bonchev–Trinajstić information content (AvgIpc) is 2.77. The average molecular weight is 288 g/mol. The lowest BCUT2D eigenvalue weighted by molar-refractivity contribution is 0.590. The second-order valence-electron chi connectivity index (χ2n) is 6.19.